The number of hydrogen-bond acceptors (Lipinski definition) is 2. The quantitative estimate of drug-likeness (QED) is 0.864. The summed E-state index contributed by atoms with van der Waals surface area (Å²) in [6.45, 7) is 2.25. The molecule has 2 N–H and O–H groups in total. The number of fused-ring (bicyclic) bond motifs is 1. The first kappa shape index (κ1) is 13.9. The van der Waals surface area contributed by atoms with Gasteiger partial charge >= 0.3 is 0 Å². The number of nitrogen functional groups attached to an aromatic ring is 1. The van der Waals surface area contributed by atoms with Gasteiger partial charge in [0, 0.05) is 12.1 Å². The van der Waals surface area contributed by atoms with Gasteiger partial charge in [-0.3, -0.25) is 0 Å². The molecule has 2 aromatic rings. The van der Waals surface area contributed by atoms with Gasteiger partial charge in [0.15, 0.2) is 0 Å². The first-order valence-corrected chi connectivity index (χ1v) is 8.02. The molecule has 1 saturated carbocycles. The largest absolute Gasteiger partial charge is 0.369 e. The predicted molar refractivity (Wildman–Crippen MR) is 83.1 cm³/mol. The third kappa shape index (κ3) is 2.32. The van der Waals surface area contributed by atoms with Crippen molar-refractivity contribution in [1.29, 1.82) is 0 Å². The summed E-state index contributed by atoms with van der Waals surface area (Å²) < 4.78 is 16.3. The Kier molecular flexibility index (Phi) is 3.71. The molecule has 1 aromatic heterocycles. The normalized spacial score (nSPS) is 23.4. The second-order valence-electron chi connectivity index (χ2n) is 5.68. The van der Waals surface area contributed by atoms with E-state index >= 15 is 0 Å². The molecular formula is C15H19BrFN3. The van der Waals surface area contributed by atoms with Crippen molar-refractivity contribution in [3.05, 3.63) is 22.4 Å². The molecule has 20 heavy (non-hydrogen) atoms. The molecule has 0 spiro atoms. The van der Waals surface area contributed by atoms with Crippen molar-refractivity contribution in [3.63, 3.8) is 0 Å². The van der Waals surface area contributed by atoms with Crippen LogP contribution in [0.4, 0.5) is 10.3 Å². The summed E-state index contributed by atoms with van der Waals surface area (Å²) in [7, 11) is 0. The number of aromatic nitrogens is 2. The van der Waals surface area contributed by atoms with Crippen LogP contribution < -0.4 is 5.73 Å². The van der Waals surface area contributed by atoms with E-state index in [-0.39, 0.29) is 5.82 Å². The molecule has 3 rings (SSSR count). The van der Waals surface area contributed by atoms with Crippen molar-refractivity contribution in [2.24, 2.45) is 5.92 Å². The van der Waals surface area contributed by atoms with Gasteiger partial charge in [-0.25, -0.2) is 9.37 Å². The molecule has 1 aromatic carbocycles. The SMILES string of the molecule is CCC1CCC(n2c(N)nc3cc(Br)c(F)cc32)CC1. The zero-order valence-corrected chi connectivity index (χ0v) is 13.2. The van der Waals surface area contributed by atoms with Crippen LogP contribution in [-0.4, -0.2) is 9.55 Å². The molecule has 0 amide bonds. The topological polar surface area (TPSA) is 43.8 Å². The summed E-state index contributed by atoms with van der Waals surface area (Å²) in [5.41, 5.74) is 7.63. The zero-order chi connectivity index (χ0) is 14.3. The maximum atomic E-state index is 13.8. The Morgan fingerprint density at radius 1 is 1.35 bits per heavy atom. The lowest BCUT2D eigenvalue weighted by Gasteiger charge is -2.29. The van der Waals surface area contributed by atoms with Crippen LogP contribution in [0.15, 0.2) is 16.6 Å². The second-order valence-corrected chi connectivity index (χ2v) is 6.53. The number of imidazole rings is 1. The van der Waals surface area contributed by atoms with Crippen molar-refractivity contribution in [2.45, 2.75) is 45.1 Å². The van der Waals surface area contributed by atoms with Gasteiger partial charge < -0.3 is 10.3 Å². The van der Waals surface area contributed by atoms with E-state index in [4.69, 9.17) is 5.73 Å². The van der Waals surface area contributed by atoms with Gasteiger partial charge in [0.25, 0.3) is 0 Å². The van der Waals surface area contributed by atoms with Crippen molar-refractivity contribution < 1.29 is 4.39 Å². The van der Waals surface area contributed by atoms with E-state index in [1.54, 1.807) is 6.07 Å². The van der Waals surface area contributed by atoms with Crippen molar-refractivity contribution in [2.75, 3.05) is 5.73 Å². The Hall–Kier alpha value is -1.10. The highest BCUT2D eigenvalue weighted by atomic mass is 79.9. The molecule has 1 heterocycles. The molecule has 5 heteroatoms. The van der Waals surface area contributed by atoms with Crippen LogP contribution in [0, 0.1) is 11.7 Å². The minimum absolute atomic E-state index is 0.263. The van der Waals surface area contributed by atoms with Crippen LogP contribution in [-0.2, 0) is 0 Å². The van der Waals surface area contributed by atoms with Crippen LogP contribution in [0.5, 0.6) is 0 Å². The van der Waals surface area contributed by atoms with E-state index in [1.807, 2.05) is 4.57 Å². The highest BCUT2D eigenvalue weighted by Gasteiger charge is 2.24. The lowest BCUT2D eigenvalue weighted by Crippen LogP contribution is -2.19. The number of nitrogens with two attached hydrogens (primary N) is 1. The van der Waals surface area contributed by atoms with Crippen molar-refractivity contribution in [1.82, 2.24) is 9.55 Å². The van der Waals surface area contributed by atoms with Crippen LogP contribution in [0.25, 0.3) is 11.0 Å². The molecule has 0 saturated heterocycles. The van der Waals surface area contributed by atoms with Gasteiger partial charge in [0.05, 0.1) is 15.5 Å². The average molecular weight is 340 g/mol. The van der Waals surface area contributed by atoms with E-state index in [1.165, 1.54) is 25.3 Å². The van der Waals surface area contributed by atoms with E-state index in [0.29, 0.717) is 16.5 Å². The molecule has 1 aliphatic carbocycles. The lowest BCUT2D eigenvalue weighted by atomic mass is 9.84. The maximum Gasteiger partial charge on any atom is 0.201 e. The molecule has 0 radical (unpaired) electrons. The number of halogens is 2. The van der Waals surface area contributed by atoms with Gasteiger partial charge in [0.2, 0.25) is 5.95 Å². The Labute approximate surface area is 126 Å². The van der Waals surface area contributed by atoms with Crippen LogP contribution in [0.3, 0.4) is 0 Å². The van der Waals surface area contributed by atoms with E-state index in [9.17, 15) is 4.39 Å². The monoisotopic (exact) mass is 339 g/mol. The molecule has 0 unspecified atom stereocenters. The number of rotatable bonds is 2. The van der Waals surface area contributed by atoms with Crippen LogP contribution >= 0.6 is 15.9 Å². The molecular weight excluding hydrogens is 321 g/mol. The fourth-order valence-electron chi connectivity index (χ4n) is 3.30. The molecule has 3 nitrogen and oxygen atoms in total. The lowest BCUT2D eigenvalue weighted by molar-refractivity contribution is 0.275. The fraction of sp³-hybridized carbons (Fsp3) is 0.533. The van der Waals surface area contributed by atoms with Crippen LogP contribution in [0.2, 0.25) is 0 Å². The number of hydrogen-bond donors (Lipinski definition) is 1. The molecule has 0 aliphatic heterocycles. The standard InChI is InChI=1S/C15H19BrFN3/c1-2-9-3-5-10(6-4-9)20-14-8-12(17)11(16)7-13(14)19-15(20)18/h7-10H,2-6H2,1H3,(H2,18,19). The predicted octanol–water partition coefficient (Wildman–Crippen LogP) is 4.66. The Bertz CT molecular complexity index is 630. The first-order chi connectivity index (χ1) is 9.60. The summed E-state index contributed by atoms with van der Waals surface area (Å²) in [5, 5.41) is 0. The first-order valence-electron chi connectivity index (χ1n) is 7.22. The van der Waals surface area contributed by atoms with Crippen LogP contribution in [0.1, 0.15) is 45.1 Å². The van der Waals surface area contributed by atoms with Gasteiger partial charge in [-0.15, -0.1) is 0 Å². The molecule has 1 aliphatic rings. The van der Waals surface area contributed by atoms with Gasteiger partial charge in [0.1, 0.15) is 5.82 Å². The fourth-order valence-corrected chi connectivity index (χ4v) is 3.64. The third-order valence-electron chi connectivity index (χ3n) is 4.52. The third-order valence-corrected chi connectivity index (χ3v) is 5.13. The number of nitrogens with zero attached hydrogens (tertiary/aromatic N) is 2. The zero-order valence-electron chi connectivity index (χ0n) is 11.6. The van der Waals surface area contributed by atoms with Gasteiger partial charge in [-0.2, -0.15) is 0 Å². The molecule has 0 bridgehead atoms. The second kappa shape index (κ2) is 5.35. The van der Waals surface area contributed by atoms with E-state index < -0.39 is 0 Å². The number of benzene rings is 1. The summed E-state index contributed by atoms with van der Waals surface area (Å²) >= 11 is 3.20. The average Bonchev–Trinajstić information content (AvgIpc) is 2.75. The van der Waals surface area contributed by atoms with Crippen molar-refractivity contribution >= 4 is 32.9 Å². The van der Waals surface area contributed by atoms with E-state index in [2.05, 4.69) is 27.8 Å². The Balaban J connectivity index is 1.99. The smallest absolute Gasteiger partial charge is 0.201 e. The maximum absolute atomic E-state index is 13.8. The minimum atomic E-state index is -0.263. The highest BCUT2D eigenvalue weighted by molar-refractivity contribution is 9.10. The molecule has 108 valence electrons. The highest BCUT2D eigenvalue weighted by Crippen LogP contribution is 2.37. The Morgan fingerprint density at radius 3 is 2.70 bits per heavy atom. The molecule has 1 fully saturated rings. The Morgan fingerprint density at radius 2 is 2.05 bits per heavy atom. The van der Waals surface area contributed by atoms with E-state index in [0.717, 1.165) is 29.8 Å². The minimum Gasteiger partial charge on any atom is -0.369 e. The molecule has 0 atom stereocenters. The van der Waals surface area contributed by atoms with Gasteiger partial charge in [-0.1, -0.05) is 13.3 Å². The summed E-state index contributed by atoms with van der Waals surface area (Å²) in [6.07, 6.45) is 5.89. The summed E-state index contributed by atoms with van der Waals surface area (Å²) in [4.78, 5) is 4.37. The van der Waals surface area contributed by atoms with Crippen molar-refractivity contribution in [3.8, 4) is 0 Å². The summed E-state index contributed by atoms with van der Waals surface area (Å²) in [5.74, 6) is 1.06. The van der Waals surface area contributed by atoms with Gasteiger partial charge in [-0.05, 0) is 53.6 Å². The summed E-state index contributed by atoms with van der Waals surface area (Å²) in [6, 6.07) is 3.59. The number of anilines is 1.